The van der Waals surface area contributed by atoms with Crippen molar-refractivity contribution in [3.8, 4) is 0 Å². The van der Waals surface area contributed by atoms with Crippen LogP contribution in [-0.4, -0.2) is 31.4 Å². The number of rotatable bonds is 6. The zero-order valence-corrected chi connectivity index (χ0v) is 17.2. The Morgan fingerprint density at radius 2 is 2.10 bits per heavy atom. The molecule has 29 heavy (non-hydrogen) atoms. The predicted octanol–water partition coefficient (Wildman–Crippen LogP) is 4.61. The molecule has 0 amide bonds. The van der Waals surface area contributed by atoms with Gasteiger partial charge in [0, 0.05) is 43.4 Å². The van der Waals surface area contributed by atoms with Gasteiger partial charge in [0.05, 0.1) is 17.6 Å². The Morgan fingerprint density at radius 3 is 3.00 bits per heavy atom. The number of furan rings is 1. The molecule has 7 heteroatoms. The van der Waals surface area contributed by atoms with Crippen LogP contribution < -0.4 is 0 Å². The van der Waals surface area contributed by atoms with Gasteiger partial charge in [-0.2, -0.15) is 0 Å². The van der Waals surface area contributed by atoms with E-state index in [2.05, 4.69) is 32.8 Å². The maximum absolute atomic E-state index is 6.06. The number of aromatic nitrogens is 4. The van der Waals surface area contributed by atoms with Gasteiger partial charge < -0.3 is 9.40 Å². The fourth-order valence-electron chi connectivity index (χ4n) is 3.69. The standard InChI is InChI=1S/C22H23N5OS/c1-2-5-20-23-12-15-13-27(11-10-17(15)24-20)14-16-8-9-21(28-16)29-22-25-18-6-3-4-7-19(18)26-22/h3-4,6-9,12H,2,5,10-11,13-14H2,1H3,(H,25,26). The van der Waals surface area contributed by atoms with Crippen LogP contribution in [0.4, 0.5) is 0 Å². The van der Waals surface area contributed by atoms with E-state index >= 15 is 0 Å². The summed E-state index contributed by atoms with van der Waals surface area (Å²) in [5.41, 5.74) is 4.45. The lowest BCUT2D eigenvalue weighted by molar-refractivity contribution is 0.218. The van der Waals surface area contributed by atoms with Gasteiger partial charge in [0.15, 0.2) is 10.2 Å². The second-order valence-electron chi connectivity index (χ2n) is 7.35. The van der Waals surface area contributed by atoms with Crippen LogP contribution >= 0.6 is 11.8 Å². The van der Waals surface area contributed by atoms with Crippen LogP contribution in [0.1, 0.15) is 36.2 Å². The Labute approximate surface area is 173 Å². The summed E-state index contributed by atoms with van der Waals surface area (Å²) in [6, 6.07) is 12.1. The Hall–Kier alpha value is -2.64. The van der Waals surface area contributed by atoms with Gasteiger partial charge in [-0.1, -0.05) is 19.1 Å². The second-order valence-corrected chi connectivity index (χ2v) is 8.34. The molecule has 0 aliphatic carbocycles. The number of fused-ring (bicyclic) bond motifs is 2. The molecule has 3 aromatic heterocycles. The number of aryl methyl sites for hydroxylation is 1. The smallest absolute Gasteiger partial charge is 0.174 e. The molecule has 5 rings (SSSR count). The monoisotopic (exact) mass is 405 g/mol. The highest BCUT2D eigenvalue weighted by Crippen LogP contribution is 2.29. The van der Waals surface area contributed by atoms with Gasteiger partial charge in [0.1, 0.15) is 11.6 Å². The fourth-order valence-corrected chi connectivity index (χ4v) is 4.47. The molecule has 0 saturated heterocycles. The molecule has 1 N–H and O–H groups in total. The van der Waals surface area contributed by atoms with Crippen molar-refractivity contribution in [1.82, 2.24) is 24.8 Å². The Bertz CT molecular complexity index is 1100. The lowest BCUT2D eigenvalue weighted by Crippen LogP contribution is -2.31. The van der Waals surface area contributed by atoms with Crippen molar-refractivity contribution in [2.24, 2.45) is 0 Å². The molecule has 6 nitrogen and oxygen atoms in total. The summed E-state index contributed by atoms with van der Waals surface area (Å²) >= 11 is 1.52. The van der Waals surface area contributed by atoms with Crippen LogP contribution in [0.2, 0.25) is 0 Å². The van der Waals surface area contributed by atoms with Crippen LogP contribution in [0.3, 0.4) is 0 Å². The van der Waals surface area contributed by atoms with Gasteiger partial charge >= 0.3 is 0 Å². The Kier molecular flexibility index (Phi) is 5.08. The van der Waals surface area contributed by atoms with Gasteiger partial charge in [0.25, 0.3) is 0 Å². The number of hydrogen-bond donors (Lipinski definition) is 1. The third-order valence-electron chi connectivity index (χ3n) is 5.12. The number of nitrogens with one attached hydrogen (secondary N) is 1. The van der Waals surface area contributed by atoms with Crippen molar-refractivity contribution >= 4 is 22.8 Å². The molecule has 0 saturated carbocycles. The van der Waals surface area contributed by atoms with E-state index in [1.807, 2.05) is 36.5 Å². The minimum Gasteiger partial charge on any atom is -0.453 e. The summed E-state index contributed by atoms with van der Waals surface area (Å²) in [5.74, 6) is 1.94. The molecule has 0 spiro atoms. The number of imidazole rings is 1. The van der Waals surface area contributed by atoms with Crippen LogP contribution in [0.5, 0.6) is 0 Å². The minimum atomic E-state index is 0.789. The normalized spacial score (nSPS) is 14.4. The SMILES string of the molecule is CCCc1ncc2c(n1)CCN(Cc1ccc(Sc3nc4ccccc4[nH]3)o1)C2. The Balaban J connectivity index is 1.23. The number of hydrogen-bond acceptors (Lipinski definition) is 6. The van der Waals surface area contributed by atoms with E-state index in [0.29, 0.717) is 0 Å². The average molecular weight is 406 g/mol. The predicted molar refractivity (Wildman–Crippen MR) is 113 cm³/mol. The van der Waals surface area contributed by atoms with Crippen LogP contribution in [0.15, 0.2) is 57.3 Å². The first-order valence-electron chi connectivity index (χ1n) is 10.0. The summed E-state index contributed by atoms with van der Waals surface area (Å²) in [6.07, 6.45) is 5.01. The third kappa shape index (κ3) is 4.06. The van der Waals surface area contributed by atoms with E-state index in [1.54, 1.807) is 0 Å². The first-order chi connectivity index (χ1) is 14.3. The van der Waals surface area contributed by atoms with E-state index in [-0.39, 0.29) is 0 Å². The van der Waals surface area contributed by atoms with Gasteiger partial charge in [-0.05, 0) is 42.4 Å². The van der Waals surface area contributed by atoms with Crippen molar-refractivity contribution < 1.29 is 4.42 Å². The number of H-pyrrole nitrogens is 1. The number of nitrogens with zero attached hydrogens (tertiary/aromatic N) is 4. The molecule has 0 bridgehead atoms. The summed E-state index contributed by atoms with van der Waals surface area (Å²) in [4.78, 5) is 19.6. The van der Waals surface area contributed by atoms with E-state index in [4.69, 9.17) is 9.40 Å². The highest BCUT2D eigenvalue weighted by atomic mass is 32.2. The maximum atomic E-state index is 6.06. The first kappa shape index (κ1) is 18.4. The number of para-hydroxylation sites is 2. The molecule has 0 unspecified atom stereocenters. The van der Waals surface area contributed by atoms with Crippen molar-refractivity contribution in [3.63, 3.8) is 0 Å². The van der Waals surface area contributed by atoms with Gasteiger partial charge in [0.2, 0.25) is 0 Å². The van der Waals surface area contributed by atoms with E-state index in [1.165, 1.54) is 23.0 Å². The lowest BCUT2D eigenvalue weighted by atomic mass is 10.1. The van der Waals surface area contributed by atoms with Crippen LogP contribution in [0.25, 0.3) is 11.0 Å². The van der Waals surface area contributed by atoms with Crippen LogP contribution in [-0.2, 0) is 25.9 Å². The largest absolute Gasteiger partial charge is 0.453 e. The topological polar surface area (TPSA) is 70.8 Å². The zero-order chi connectivity index (χ0) is 19.6. The molecule has 0 radical (unpaired) electrons. The molecule has 1 aromatic carbocycles. The number of aromatic amines is 1. The summed E-state index contributed by atoms with van der Waals surface area (Å²) < 4.78 is 6.06. The van der Waals surface area contributed by atoms with Crippen molar-refractivity contribution in [3.05, 3.63) is 65.4 Å². The molecule has 1 aliphatic rings. The van der Waals surface area contributed by atoms with Gasteiger partial charge in [-0.25, -0.2) is 15.0 Å². The molecule has 4 heterocycles. The van der Waals surface area contributed by atoms with E-state index in [9.17, 15) is 0 Å². The fraction of sp³-hybridized carbons (Fsp3) is 0.318. The average Bonchev–Trinajstić information content (AvgIpc) is 3.34. The second kappa shape index (κ2) is 8.00. The van der Waals surface area contributed by atoms with Crippen molar-refractivity contribution in [1.29, 1.82) is 0 Å². The molecule has 0 atom stereocenters. The van der Waals surface area contributed by atoms with Crippen LogP contribution in [0, 0.1) is 0 Å². The van der Waals surface area contributed by atoms with Gasteiger partial charge in [-0.15, -0.1) is 0 Å². The highest BCUT2D eigenvalue weighted by molar-refractivity contribution is 7.99. The van der Waals surface area contributed by atoms with Gasteiger partial charge in [-0.3, -0.25) is 4.90 Å². The van der Waals surface area contributed by atoms with E-state index in [0.717, 1.165) is 71.8 Å². The summed E-state index contributed by atoms with van der Waals surface area (Å²) in [5, 5.41) is 1.70. The molecule has 1 aliphatic heterocycles. The molecular weight excluding hydrogens is 382 g/mol. The third-order valence-corrected chi connectivity index (χ3v) is 5.93. The van der Waals surface area contributed by atoms with Crippen molar-refractivity contribution in [2.45, 2.75) is 49.5 Å². The quantitative estimate of drug-likeness (QED) is 0.505. The van der Waals surface area contributed by atoms with Crippen molar-refractivity contribution in [2.75, 3.05) is 6.54 Å². The maximum Gasteiger partial charge on any atom is 0.174 e. The minimum absolute atomic E-state index is 0.789. The number of benzene rings is 1. The summed E-state index contributed by atoms with van der Waals surface area (Å²) in [7, 11) is 0. The highest BCUT2D eigenvalue weighted by Gasteiger charge is 2.20. The van der Waals surface area contributed by atoms with E-state index < -0.39 is 0 Å². The first-order valence-corrected chi connectivity index (χ1v) is 10.9. The lowest BCUT2D eigenvalue weighted by Gasteiger charge is -2.27. The molecule has 4 aromatic rings. The summed E-state index contributed by atoms with van der Waals surface area (Å²) in [6.45, 7) is 4.81. The molecule has 0 fully saturated rings. The Morgan fingerprint density at radius 1 is 1.17 bits per heavy atom. The zero-order valence-electron chi connectivity index (χ0n) is 16.4. The molecular formula is C22H23N5OS. The molecule has 148 valence electrons.